The standard InChI is InChI=1S/C31H22F2N2/c1-17(2)13-18-7-8-19-9-10-21-22-11-12-34-29-25-15-20-5-3-4-6-27(20)35-30(25)31(32,33)26(28(22)29)16-24(21)23(19)14-18/h3-12,14-17H,13H2,1-2H3. The second-order valence-electron chi connectivity index (χ2n) is 9.97. The second-order valence-corrected chi connectivity index (χ2v) is 9.97. The van der Waals surface area contributed by atoms with Gasteiger partial charge in [0.15, 0.2) is 0 Å². The van der Waals surface area contributed by atoms with Crippen molar-refractivity contribution in [1.29, 1.82) is 0 Å². The van der Waals surface area contributed by atoms with Gasteiger partial charge in [-0.15, -0.1) is 0 Å². The summed E-state index contributed by atoms with van der Waals surface area (Å²) in [6.07, 6.45) is 2.67. The van der Waals surface area contributed by atoms with Crippen LogP contribution in [-0.2, 0) is 12.3 Å². The van der Waals surface area contributed by atoms with Gasteiger partial charge in [0.2, 0.25) is 0 Å². The molecule has 35 heavy (non-hydrogen) atoms. The van der Waals surface area contributed by atoms with Crippen LogP contribution in [0.2, 0.25) is 0 Å². The van der Waals surface area contributed by atoms with E-state index in [2.05, 4.69) is 54.1 Å². The highest BCUT2D eigenvalue weighted by Crippen LogP contribution is 2.51. The summed E-state index contributed by atoms with van der Waals surface area (Å²) >= 11 is 0. The number of pyridine rings is 2. The smallest absolute Gasteiger partial charge is 0.255 e. The van der Waals surface area contributed by atoms with Crippen molar-refractivity contribution < 1.29 is 8.78 Å². The van der Waals surface area contributed by atoms with Gasteiger partial charge in [0.25, 0.3) is 0 Å². The molecule has 2 nitrogen and oxygen atoms in total. The van der Waals surface area contributed by atoms with Crippen molar-refractivity contribution in [2.45, 2.75) is 26.2 Å². The van der Waals surface area contributed by atoms with E-state index in [0.717, 1.165) is 38.7 Å². The van der Waals surface area contributed by atoms with Crippen LogP contribution in [-0.4, -0.2) is 9.97 Å². The molecule has 7 rings (SSSR count). The van der Waals surface area contributed by atoms with Crippen molar-refractivity contribution in [3.05, 3.63) is 95.8 Å². The number of para-hydroxylation sites is 1. The Morgan fingerprint density at radius 3 is 2.49 bits per heavy atom. The quantitative estimate of drug-likeness (QED) is 0.242. The van der Waals surface area contributed by atoms with Gasteiger partial charge in [0.05, 0.1) is 11.2 Å². The number of nitrogens with zero attached hydrogens (tertiary/aromatic N) is 2. The maximum Gasteiger partial charge on any atom is 0.316 e. The summed E-state index contributed by atoms with van der Waals surface area (Å²) in [4.78, 5) is 9.05. The van der Waals surface area contributed by atoms with E-state index in [9.17, 15) is 0 Å². The molecular formula is C31H22F2N2. The molecule has 0 saturated heterocycles. The van der Waals surface area contributed by atoms with Crippen molar-refractivity contribution in [3.63, 3.8) is 0 Å². The minimum Gasteiger partial charge on any atom is -0.255 e. The molecule has 1 aliphatic rings. The molecule has 0 unspecified atom stereocenters. The molecule has 2 aromatic heterocycles. The Kier molecular flexibility index (Phi) is 4.12. The van der Waals surface area contributed by atoms with Crippen LogP contribution < -0.4 is 0 Å². The number of aromatic nitrogens is 2. The van der Waals surface area contributed by atoms with E-state index in [1.165, 1.54) is 5.56 Å². The first kappa shape index (κ1) is 20.5. The number of halogens is 2. The van der Waals surface area contributed by atoms with Crippen LogP contribution in [0.25, 0.3) is 54.5 Å². The Hall–Kier alpha value is -3.92. The molecule has 6 aromatic rings. The molecular weight excluding hydrogens is 438 g/mol. The third kappa shape index (κ3) is 2.86. The van der Waals surface area contributed by atoms with Gasteiger partial charge >= 0.3 is 5.92 Å². The second kappa shape index (κ2) is 7.05. The summed E-state index contributed by atoms with van der Waals surface area (Å²) < 4.78 is 32.5. The van der Waals surface area contributed by atoms with Crippen LogP contribution in [0, 0.1) is 5.92 Å². The Labute approximate surface area is 201 Å². The normalized spacial score (nSPS) is 14.3. The molecule has 0 spiro atoms. The first-order valence-electron chi connectivity index (χ1n) is 12.0. The van der Waals surface area contributed by atoms with Crippen molar-refractivity contribution >= 4 is 43.2 Å². The summed E-state index contributed by atoms with van der Waals surface area (Å²) in [5.74, 6) is -2.72. The molecule has 0 saturated carbocycles. The Balaban J connectivity index is 1.63. The SMILES string of the molecule is CC(C)Cc1ccc2ccc3c4ccnc5c4c(cc3c2c1)C(F)(F)c1nc2ccccc2cc1-5. The van der Waals surface area contributed by atoms with E-state index in [-0.39, 0.29) is 11.3 Å². The maximum atomic E-state index is 16.3. The van der Waals surface area contributed by atoms with Crippen molar-refractivity contribution in [3.8, 4) is 11.3 Å². The Morgan fingerprint density at radius 2 is 1.63 bits per heavy atom. The topological polar surface area (TPSA) is 25.8 Å². The molecule has 0 N–H and O–H groups in total. The molecule has 4 heteroatoms. The maximum absolute atomic E-state index is 16.3. The van der Waals surface area contributed by atoms with E-state index >= 15 is 8.78 Å². The molecule has 0 bridgehead atoms. The average molecular weight is 461 g/mol. The zero-order chi connectivity index (χ0) is 23.9. The number of rotatable bonds is 2. The molecule has 0 amide bonds. The summed E-state index contributed by atoms with van der Waals surface area (Å²) in [6, 6.07) is 23.3. The van der Waals surface area contributed by atoms with E-state index < -0.39 is 5.92 Å². The minimum atomic E-state index is -3.24. The number of fused-ring (bicyclic) bond motifs is 7. The summed E-state index contributed by atoms with van der Waals surface area (Å²) in [5, 5.41) is 6.02. The molecule has 170 valence electrons. The zero-order valence-corrected chi connectivity index (χ0v) is 19.4. The predicted octanol–water partition coefficient (Wildman–Crippen LogP) is 8.41. The lowest BCUT2D eigenvalue weighted by atomic mass is 9.83. The number of alkyl halides is 2. The highest BCUT2D eigenvalue weighted by molar-refractivity contribution is 6.21. The monoisotopic (exact) mass is 460 g/mol. The third-order valence-electron chi connectivity index (χ3n) is 7.19. The van der Waals surface area contributed by atoms with Gasteiger partial charge in [-0.25, -0.2) is 4.98 Å². The molecule has 0 radical (unpaired) electrons. The molecule has 4 aromatic carbocycles. The van der Waals surface area contributed by atoms with Crippen molar-refractivity contribution in [2.24, 2.45) is 5.92 Å². The minimum absolute atomic E-state index is 0.0138. The van der Waals surface area contributed by atoms with Crippen molar-refractivity contribution in [1.82, 2.24) is 9.97 Å². The van der Waals surface area contributed by atoms with Crippen LogP contribution in [0.5, 0.6) is 0 Å². The molecule has 2 heterocycles. The molecule has 0 aliphatic heterocycles. The van der Waals surface area contributed by atoms with Gasteiger partial charge in [0, 0.05) is 28.1 Å². The molecule has 1 aliphatic carbocycles. The lowest BCUT2D eigenvalue weighted by Gasteiger charge is -2.28. The highest BCUT2D eigenvalue weighted by Gasteiger charge is 2.44. The van der Waals surface area contributed by atoms with Crippen LogP contribution in [0.3, 0.4) is 0 Å². The number of hydrogen-bond donors (Lipinski definition) is 0. The Morgan fingerprint density at radius 1 is 0.800 bits per heavy atom. The fourth-order valence-corrected chi connectivity index (χ4v) is 5.67. The lowest BCUT2D eigenvalue weighted by Crippen LogP contribution is -2.23. The van der Waals surface area contributed by atoms with Crippen LogP contribution in [0.4, 0.5) is 8.78 Å². The van der Waals surface area contributed by atoms with Crippen LogP contribution >= 0.6 is 0 Å². The van der Waals surface area contributed by atoms with Gasteiger partial charge in [0.1, 0.15) is 5.69 Å². The van der Waals surface area contributed by atoms with E-state index in [1.807, 2.05) is 24.3 Å². The average Bonchev–Trinajstić information content (AvgIpc) is 2.85. The third-order valence-corrected chi connectivity index (χ3v) is 7.19. The van der Waals surface area contributed by atoms with Gasteiger partial charge < -0.3 is 0 Å². The van der Waals surface area contributed by atoms with E-state index in [4.69, 9.17) is 0 Å². The first-order valence-corrected chi connectivity index (χ1v) is 12.0. The summed E-state index contributed by atoms with van der Waals surface area (Å²) in [7, 11) is 0. The fraction of sp³-hybridized carbons (Fsp3) is 0.161. The van der Waals surface area contributed by atoms with Gasteiger partial charge in [-0.05, 0) is 69.1 Å². The number of hydrogen-bond acceptors (Lipinski definition) is 2. The van der Waals surface area contributed by atoms with E-state index in [1.54, 1.807) is 24.4 Å². The Bertz CT molecular complexity index is 1840. The number of benzene rings is 4. The highest BCUT2D eigenvalue weighted by atomic mass is 19.3. The summed E-state index contributed by atoms with van der Waals surface area (Å²) in [5.41, 5.74) is 2.53. The van der Waals surface area contributed by atoms with E-state index in [0.29, 0.717) is 28.1 Å². The van der Waals surface area contributed by atoms with Gasteiger partial charge in [-0.1, -0.05) is 62.4 Å². The zero-order valence-electron chi connectivity index (χ0n) is 19.4. The lowest BCUT2D eigenvalue weighted by molar-refractivity contribution is 0.0399. The van der Waals surface area contributed by atoms with Gasteiger partial charge in [-0.2, -0.15) is 8.78 Å². The predicted molar refractivity (Wildman–Crippen MR) is 139 cm³/mol. The van der Waals surface area contributed by atoms with Gasteiger partial charge in [-0.3, -0.25) is 4.98 Å². The first-order chi connectivity index (χ1) is 16.9. The molecule has 0 fully saturated rings. The molecule has 0 atom stereocenters. The van der Waals surface area contributed by atoms with Crippen LogP contribution in [0.1, 0.15) is 30.7 Å². The largest absolute Gasteiger partial charge is 0.316 e. The summed E-state index contributed by atoms with van der Waals surface area (Å²) in [6.45, 7) is 4.38. The fourth-order valence-electron chi connectivity index (χ4n) is 5.67. The van der Waals surface area contributed by atoms with Crippen LogP contribution in [0.15, 0.2) is 79.0 Å². The van der Waals surface area contributed by atoms with Crippen molar-refractivity contribution in [2.75, 3.05) is 0 Å².